The first-order valence-electron chi connectivity index (χ1n) is 4.63. The van der Waals surface area contributed by atoms with Gasteiger partial charge >= 0.3 is 5.97 Å². The van der Waals surface area contributed by atoms with Crippen LogP contribution in [0.2, 0.25) is 0 Å². The van der Waals surface area contributed by atoms with E-state index in [9.17, 15) is 18.3 Å². The van der Waals surface area contributed by atoms with E-state index in [-0.39, 0.29) is 4.90 Å². The molecule has 0 radical (unpaired) electrons. The predicted molar refractivity (Wildman–Crippen MR) is 66.3 cm³/mol. The number of aliphatic hydroxyl groups excluding tert-OH is 1. The maximum absolute atomic E-state index is 12.2. The number of ether oxygens (including phenoxy) is 1. The van der Waals surface area contributed by atoms with Crippen molar-refractivity contribution in [3.05, 3.63) is 38.7 Å². The number of carbonyl (C=O) groups excluding carboxylic acids is 1. The van der Waals surface area contributed by atoms with Crippen molar-refractivity contribution in [2.45, 2.75) is 11.2 Å². The summed E-state index contributed by atoms with van der Waals surface area (Å²) < 4.78 is 29.4. The van der Waals surface area contributed by atoms with E-state index in [0.29, 0.717) is 4.47 Å². The number of carbonyl (C=O) groups is 1. The second-order valence-corrected chi connectivity index (χ2v) is 6.61. The van der Waals surface area contributed by atoms with Gasteiger partial charge in [-0.1, -0.05) is 27.5 Å². The van der Waals surface area contributed by atoms with Crippen molar-refractivity contribution in [3.63, 3.8) is 0 Å². The van der Waals surface area contributed by atoms with Crippen LogP contribution in [0, 0.1) is 0 Å². The molecule has 1 aliphatic rings. The minimum Gasteiger partial charge on any atom is -0.426 e. The van der Waals surface area contributed by atoms with Gasteiger partial charge in [-0.25, -0.2) is 13.2 Å². The third kappa shape index (κ3) is 2.18. The van der Waals surface area contributed by atoms with Gasteiger partial charge in [0.2, 0.25) is 16.1 Å². The van der Waals surface area contributed by atoms with Crippen molar-refractivity contribution in [2.24, 2.45) is 0 Å². The van der Waals surface area contributed by atoms with Gasteiger partial charge in [-0.15, -0.1) is 0 Å². The SMILES string of the molecule is O=C1O[C@H](O)C(S(=O)(=O)c2ccc(Br)cc2)=C1Cl. The van der Waals surface area contributed by atoms with Gasteiger partial charge in [-0.05, 0) is 24.3 Å². The van der Waals surface area contributed by atoms with E-state index >= 15 is 0 Å². The maximum atomic E-state index is 12.2. The third-order valence-electron chi connectivity index (χ3n) is 2.25. The number of cyclic esters (lactones) is 1. The number of sulfone groups is 1. The molecule has 0 aliphatic carbocycles. The fourth-order valence-corrected chi connectivity index (χ4v) is 3.50. The Balaban J connectivity index is 2.56. The quantitative estimate of drug-likeness (QED) is 0.816. The molecule has 8 heteroatoms. The summed E-state index contributed by atoms with van der Waals surface area (Å²) in [5.74, 6) is -1.06. The van der Waals surface area contributed by atoms with Gasteiger partial charge in [0.1, 0.15) is 9.94 Å². The van der Waals surface area contributed by atoms with Gasteiger partial charge in [0.05, 0.1) is 4.90 Å². The van der Waals surface area contributed by atoms with Crippen molar-refractivity contribution in [2.75, 3.05) is 0 Å². The fraction of sp³-hybridized carbons (Fsp3) is 0.100. The highest BCUT2D eigenvalue weighted by Crippen LogP contribution is 2.33. The van der Waals surface area contributed by atoms with Crippen molar-refractivity contribution in [3.8, 4) is 0 Å². The molecule has 1 N–H and O–H groups in total. The van der Waals surface area contributed by atoms with Gasteiger partial charge < -0.3 is 9.84 Å². The molecule has 0 aromatic heterocycles. The Morgan fingerprint density at radius 3 is 2.28 bits per heavy atom. The van der Waals surface area contributed by atoms with Crippen LogP contribution in [0.15, 0.2) is 43.6 Å². The highest BCUT2D eigenvalue weighted by Gasteiger charge is 2.40. The van der Waals surface area contributed by atoms with E-state index < -0.39 is 32.0 Å². The minimum absolute atomic E-state index is 0.0869. The molecular formula is C10H6BrClO5S. The van der Waals surface area contributed by atoms with E-state index in [0.717, 1.165) is 0 Å². The van der Waals surface area contributed by atoms with Gasteiger partial charge in [-0.2, -0.15) is 0 Å². The lowest BCUT2D eigenvalue weighted by atomic mass is 10.4. The largest absolute Gasteiger partial charge is 0.426 e. The van der Waals surface area contributed by atoms with Crippen LogP contribution in [0.3, 0.4) is 0 Å². The molecule has 0 unspecified atom stereocenters. The first-order chi connectivity index (χ1) is 8.34. The van der Waals surface area contributed by atoms with Crippen LogP contribution in [0.4, 0.5) is 0 Å². The first-order valence-corrected chi connectivity index (χ1v) is 7.29. The Bertz CT molecular complexity index is 635. The zero-order chi connectivity index (χ0) is 13.5. The number of benzene rings is 1. The van der Waals surface area contributed by atoms with Crippen molar-refractivity contribution in [1.29, 1.82) is 0 Å². The predicted octanol–water partition coefficient (Wildman–Crippen LogP) is 1.55. The standard InChI is InChI=1S/C10H6BrClO5S/c11-5-1-3-6(4-2-5)18(15,16)8-7(12)9(13)17-10(8)14/h1-4,10,14H/t10-/m0/s1. The Kier molecular flexibility index (Phi) is 3.50. The van der Waals surface area contributed by atoms with Gasteiger partial charge in [0.25, 0.3) is 0 Å². The van der Waals surface area contributed by atoms with Crippen molar-refractivity contribution in [1.82, 2.24) is 0 Å². The minimum atomic E-state index is -4.06. The monoisotopic (exact) mass is 352 g/mol. The normalized spacial score (nSPS) is 20.2. The summed E-state index contributed by atoms with van der Waals surface area (Å²) in [6.07, 6.45) is -1.86. The molecule has 0 bridgehead atoms. The molecule has 1 atom stereocenters. The zero-order valence-corrected chi connectivity index (χ0v) is 11.8. The molecule has 0 saturated heterocycles. The number of rotatable bonds is 2. The summed E-state index contributed by atoms with van der Waals surface area (Å²) in [5, 5.41) is 8.79. The second-order valence-electron chi connectivity index (χ2n) is 3.39. The molecule has 2 rings (SSSR count). The maximum Gasteiger partial charge on any atom is 0.353 e. The summed E-state index contributed by atoms with van der Waals surface area (Å²) in [7, 11) is -4.06. The van der Waals surface area contributed by atoms with E-state index in [4.69, 9.17) is 11.6 Å². The topological polar surface area (TPSA) is 80.7 Å². The van der Waals surface area contributed by atoms with Crippen LogP contribution in [-0.4, -0.2) is 25.8 Å². The van der Waals surface area contributed by atoms with Gasteiger partial charge in [0.15, 0.2) is 0 Å². The molecule has 0 fully saturated rings. The van der Waals surface area contributed by atoms with Crippen molar-refractivity contribution >= 4 is 43.3 Å². The molecular weight excluding hydrogens is 348 g/mol. The smallest absolute Gasteiger partial charge is 0.353 e. The molecule has 1 aliphatic heterocycles. The van der Waals surface area contributed by atoms with E-state index in [2.05, 4.69) is 20.7 Å². The number of aliphatic hydroxyl groups is 1. The van der Waals surface area contributed by atoms with E-state index in [1.165, 1.54) is 24.3 Å². The summed E-state index contributed by atoms with van der Waals surface area (Å²) in [5.41, 5.74) is 0. The molecule has 0 spiro atoms. The van der Waals surface area contributed by atoms with E-state index in [1.54, 1.807) is 0 Å². The highest BCUT2D eigenvalue weighted by molar-refractivity contribution is 9.10. The molecule has 1 aromatic rings. The molecule has 0 saturated carbocycles. The van der Waals surface area contributed by atoms with Gasteiger partial charge in [-0.3, -0.25) is 0 Å². The van der Waals surface area contributed by atoms with Crippen LogP contribution in [0.5, 0.6) is 0 Å². The average Bonchev–Trinajstić information content (AvgIpc) is 2.54. The zero-order valence-electron chi connectivity index (χ0n) is 8.63. The summed E-state index contributed by atoms with van der Waals surface area (Å²) in [6.45, 7) is 0. The summed E-state index contributed by atoms with van der Waals surface area (Å²) >= 11 is 8.71. The lowest BCUT2D eigenvalue weighted by Crippen LogP contribution is -2.17. The Labute approximate surface area is 116 Å². The molecule has 96 valence electrons. The Morgan fingerprint density at radius 2 is 1.83 bits per heavy atom. The van der Waals surface area contributed by atoms with E-state index in [1.807, 2.05) is 0 Å². The Morgan fingerprint density at radius 1 is 1.28 bits per heavy atom. The van der Waals surface area contributed by atoms with Crippen LogP contribution in [0.1, 0.15) is 0 Å². The van der Waals surface area contributed by atoms with Crippen molar-refractivity contribution < 1.29 is 23.1 Å². The Hall–Kier alpha value is -0.890. The summed E-state index contributed by atoms with van der Waals surface area (Å²) in [4.78, 5) is 10.4. The molecule has 18 heavy (non-hydrogen) atoms. The molecule has 5 nitrogen and oxygen atoms in total. The molecule has 1 aromatic carbocycles. The number of hydrogen-bond donors (Lipinski definition) is 1. The van der Waals surface area contributed by atoms with Crippen LogP contribution < -0.4 is 0 Å². The number of esters is 1. The molecule has 0 amide bonds. The lowest BCUT2D eigenvalue weighted by molar-refractivity contribution is -0.150. The van der Waals surface area contributed by atoms with Crippen LogP contribution in [0.25, 0.3) is 0 Å². The van der Waals surface area contributed by atoms with Crippen LogP contribution >= 0.6 is 27.5 Å². The second kappa shape index (κ2) is 4.65. The average molecular weight is 354 g/mol. The third-order valence-corrected chi connectivity index (χ3v) is 5.13. The lowest BCUT2D eigenvalue weighted by Gasteiger charge is -2.08. The molecule has 1 heterocycles. The van der Waals surface area contributed by atoms with Crippen LogP contribution in [-0.2, 0) is 19.4 Å². The van der Waals surface area contributed by atoms with Gasteiger partial charge in [0, 0.05) is 4.47 Å². The number of halogens is 2. The fourth-order valence-electron chi connectivity index (χ4n) is 1.41. The highest BCUT2D eigenvalue weighted by atomic mass is 79.9. The summed E-state index contributed by atoms with van der Waals surface area (Å²) in [6, 6.07) is 5.69. The number of hydrogen-bond acceptors (Lipinski definition) is 5. The first kappa shape index (κ1) is 13.5.